The molecular weight excluding hydrogens is 382 g/mol. The maximum Gasteiger partial charge on any atom is 0.261 e. The summed E-state index contributed by atoms with van der Waals surface area (Å²) >= 11 is 0. The minimum Gasteiger partial charge on any atom is -0.347 e. The standard InChI is InChI=1S/C23H19N3O2S/c1-26-21(13-17-7-9-18(16-24)10-8-17)15-19-14-20(11-12-23(19)26)25-29(27,28)22-5-3-2-4-6-22/h2-12,14-15,25H,13H2,1H3. The van der Waals surface area contributed by atoms with E-state index in [1.165, 1.54) is 0 Å². The summed E-state index contributed by atoms with van der Waals surface area (Å²) in [4.78, 5) is 0.231. The molecule has 0 unspecified atom stereocenters. The molecule has 0 bridgehead atoms. The number of nitrogens with one attached hydrogen (secondary N) is 1. The van der Waals surface area contributed by atoms with Gasteiger partial charge in [0.1, 0.15) is 0 Å². The molecule has 0 radical (unpaired) electrons. The van der Waals surface area contributed by atoms with Gasteiger partial charge < -0.3 is 4.57 Å². The van der Waals surface area contributed by atoms with Crippen molar-refractivity contribution >= 4 is 26.6 Å². The van der Waals surface area contributed by atoms with Crippen LogP contribution < -0.4 is 4.72 Å². The third-order valence-electron chi connectivity index (χ3n) is 4.92. The summed E-state index contributed by atoms with van der Waals surface area (Å²) in [7, 11) is -1.63. The lowest BCUT2D eigenvalue weighted by molar-refractivity contribution is 0.601. The maximum atomic E-state index is 12.6. The first-order valence-corrected chi connectivity index (χ1v) is 10.6. The Labute approximate surface area is 169 Å². The molecule has 4 rings (SSSR count). The van der Waals surface area contributed by atoms with E-state index >= 15 is 0 Å². The molecule has 1 N–H and O–H groups in total. The first-order chi connectivity index (χ1) is 14.0. The van der Waals surface area contributed by atoms with Crippen LogP contribution in [0.2, 0.25) is 0 Å². The van der Waals surface area contributed by atoms with Gasteiger partial charge in [-0.15, -0.1) is 0 Å². The number of aryl methyl sites for hydroxylation is 1. The molecule has 6 heteroatoms. The van der Waals surface area contributed by atoms with Gasteiger partial charge in [0.2, 0.25) is 0 Å². The maximum absolute atomic E-state index is 12.6. The van der Waals surface area contributed by atoms with Crippen molar-refractivity contribution < 1.29 is 8.42 Å². The van der Waals surface area contributed by atoms with Crippen LogP contribution in [-0.2, 0) is 23.5 Å². The number of sulfonamides is 1. The average Bonchev–Trinajstić information content (AvgIpc) is 3.03. The van der Waals surface area contributed by atoms with Gasteiger partial charge >= 0.3 is 0 Å². The summed E-state index contributed by atoms with van der Waals surface area (Å²) in [5.74, 6) is 0. The number of nitriles is 1. The van der Waals surface area contributed by atoms with E-state index in [0.717, 1.165) is 28.6 Å². The van der Waals surface area contributed by atoms with E-state index < -0.39 is 10.0 Å². The zero-order chi connectivity index (χ0) is 20.4. The Kier molecular flexibility index (Phi) is 4.83. The van der Waals surface area contributed by atoms with Gasteiger partial charge in [-0.2, -0.15) is 5.26 Å². The second kappa shape index (κ2) is 7.46. The second-order valence-corrected chi connectivity index (χ2v) is 8.55. The topological polar surface area (TPSA) is 74.9 Å². The predicted octanol–water partition coefficient (Wildman–Crippen LogP) is 4.44. The first-order valence-electron chi connectivity index (χ1n) is 9.11. The number of hydrogen-bond acceptors (Lipinski definition) is 3. The number of aromatic nitrogens is 1. The van der Waals surface area contributed by atoms with Crippen LogP contribution in [0.5, 0.6) is 0 Å². The Hall–Kier alpha value is -3.56. The number of hydrogen-bond donors (Lipinski definition) is 1. The van der Waals surface area contributed by atoms with Crippen LogP contribution in [0.4, 0.5) is 5.69 Å². The van der Waals surface area contributed by atoms with Crippen molar-refractivity contribution in [3.05, 3.63) is 95.7 Å². The minimum atomic E-state index is -3.62. The fraction of sp³-hybridized carbons (Fsp3) is 0.0870. The van der Waals surface area contributed by atoms with Gasteiger partial charge in [0, 0.05) is 35.8 Å². The average molecular weight is 401 g/mol. The molecule has 0 aliphatic heterocycles. The molecule has 1 aromatic heterocycles. The fourth-order valence-corrected chi connectivity index (χ4v) is 4.43. The van der Waals surface area contributed by atoms with Gasteiger partial charge in [0.05, 0.1) is 16.5 Å². The molecule has 0 saturated heterocycles. The molecule has 0 fully saturated rings. The Morgan fingerprint density at radius 2 is 1.69 bits per heavy atom. The molecule has 0 aliphatic rings. The zero-order valence-electron chi connectivity index (χ0n) is 15.8. The van der Waals surface area contributed by atoms with E-state index in [0.29, 0.717) is 11.3 Å². The fourth-order valence-electron chi connectivity index (χ4n) is 3.36. The molecule has 3 aromatic carbocycles. The summed E-state index contributed by atoms with van der Waals surface area (Å²) in [6.07, 6.45) is 0.724. The van der Waals surface area contributed by atoms with Crippen LogP contribution in [0.25, 0.3) is 10.9 Å². The molecule has 0 atom stereocenters. The Balaban J connectivity index is 1.62. The molecule has 4 aromatic rings. The number of nitrogens with zero attached hydrogens (tertiary/aromatic N) is 2. The first kappa shape index (κ1) is 18.8. The third kappa shape index (κ3) is 3.86. The van der Waals surface area contributed by atoms with Gasteiger partial charge in [0.25, 0.3) is 10.0 Å². The van der Waals surface area contributed by atoms with Crippen molar-refractivity contribution in [3.8, 4) is 6.07 Å². The highest BCUT2D eigenvalue weighted by atomic mass is 32.2. The third-order valence-corrected chi connectivity index (χ3v) is 6.31. The smallest absolute Gasteiger partial charge is 0.261 e. The molecule has 0 saturated carbocycles. The van der Waals surface area contributed by atoms with Crippen molar-refractivity contribution in [2.45, 2.75) is 11.3 Å². The molecule has 1 heterocycles. The van der Waals surface area contributed by atoms with Crippen LogP contribution in [0.3, 0.4) is 0 Å². The molecule has 144 valence electrons. The van der Waals surface area contributed by atoms with Gasteiger partial charge in [-0.05, 0) is 54.1 Å². The highest BCUT2D eigenvalue weighted by molar-refractivity contribution is 7.92. The monoisotopic (exact) mass is 401 g/mol. The molecule has 0 amide bonds. The molecule has 0 aliphatic carbocycles. The van der Waals surface area contributed by atoms with E-state index in [9.17, 15) is 8.42 Å². The second-order valence-electron chi connectivity index (χ2n) is 6.87. The molecule has 0 spiro atoms. The summed E-state index contributed by atoms with van der Waals surface area (Å²) in [6, 6.07) is 25.6. The lowest BCUT2D eigenvalue weighted by Crippen LogP contribution is -2.12. The summed E-state index contributed by atoms with van der Waals surface area (Å²) in [5.41, 5.74) is 4.40. The predicted molar refractivity (Wildman–Crippen MR) is 114 cm³/mol. The summed E-state index contributed by atoms with van der Waals surface area (Å²) in [6.45, 7) is 0. The number of rotatable bonds is 5. The SMILES string of the molecule is Cn1c(Cc2ccc(C#N)cc2)cc2cc(NS(=O)(=O)c3ccccc3)ccc21. The van der Waals surface area contributed by atoms with Crippen molar-refractivity contribution in [2.24, 2.45) is 7.05 Å². The van der Waals surface area contributed by atoms with Gasteiger partial charge in [-0.25, -0.2) is 8.42 Å². The van der Waals surface area contributed by atoms with E-state index in [2.05, 4.69) is 21.4 Å². The van der Waals surface area contributed by atoms with Gasteiger partial charge in [-0.3, -0.25) is 4.72 Å². The van der Waals surface area contributed by atoms with E-state index in [1.807, 2.05) is 43.4 Å². The van der Waals surface area contributed by atoms with E-state index in [4.69, 9.17) is 5.26 Å². The zero-order valence-corrected chi connectivity index (χ0v) is 16.6. The van der Waals surface area contributed by atoms with E-state index in [-0.39, 0.29) is 4.90 Å². The summed E-state index contributed by atoms with van der Waals surface area (Å²) in [5, 5.41) is 9.90. The Morgan fingerprint density at radius 3 is 2.38 bits per heavy atom. The van der Waals surface area contributed by atoms with Crippen LogP contribution in [0.15, 0.2) is 83.8 Å². The molecule has 5 nitrogen and oxygen atoms in total. The quantitative estimate of drug-likeness (QED) is 0.537. The largest absolute Gasteiger partial charge is 0.347 e. The van der Waals surface area contributed by atoms with Crippen LogP contribution in [0.1, 0.15) is 16.8 Å². The molecular formula is C23H19N3O2S. The highest BCUT2D eigenvalue weighted by Gasteiger charge is 2.14. The van der Waals surface area contributed by atoms with Crippen molar-refractivity contribution in [1.29, 1.82) is 5.26 Å². The number of anilines is 1. The van der Waals surface area contributed by atoms with Crippen molar-refractivity contribution in [1.82, 2.24) is 4.57 Å². The van der Waals surface area contributed by atoms with Crippen LogP contribution in [0, 0.1) is 11.3 Å². The lowest BCUT2D eigenvalue weighted by Gasteiger charge is -2.08. The number of fused-ring (bicyclic) bond motifs is 1. The summed E-state index contributed by atoms with van der Waals surface area (Å²) < 4.78 is 29.9. The normalized spacial score (nSPS) is 11.3. The van der Waals surface area contributed by atoms with Crippen molar-refractivity contribution in [3.63, 3.8) is 0 Å². The highest BCUT2D eigenvalue weighted by Crippen LogP contribution is 2.25. The van der Waals surface area contributed by atoms with Crippen LogP contribution >= 0.6 is 0 Å². The Bertz CT molecular complexity index is 1320. The number of benzene rings is 3. The van der Waals surface area contributed by atoms with Crippen molar-refractivity contribution in [2.75, 3.05) is 4.72 Å². The van der Waals surface area contributed by atoms with Gasteiger partial charge in [-0.1, -0.05) is 30.3 Å². The van der Waals surface area contributed by atoms with E-state index in [1.54, 1.807) is 36.4 Å². The molecule has 29 heavy (non-hydrogen) atoms. The van der Waals surface area contributed by atoms with Gasteiger partial charge in [0.15, 0.2) is 0 Å². The lowest BCUT2D eigenvalue weighted by atomic mass is 10.1. The Morgan fingerprint density at radius 1 is 0.966 bits per heavy atom. The minimum absolute atomic E-state index is 0.231. The van der Waals surface area contributed by atoms with Crippen LogP contribution in [-0.4, -0.2) is 13.0 Å².